The zero-order valence-electron chi connectivity index (χ0n) is 8.29. The summed E-state index contributed by atoms with van der Waals surface area (Å²) in [6.07, 6.45) is 0.773. The van der Waals surface area contributed by atoms with Gasteiger partial charge in [-0.25, -0.2) is 0 Å². The summed E-state index contributed by atoms with van der Waals surface area (Å²) < 4.78 is 5.73. The van der Waals surface area contributed by atoms with Gasteiger partial charge >= 0.3 is 0 Å². The highest BCUT2D eigenvalue weighted by atomic mass is 16.5. The van der Waals surface area contributed by atoms with E-state index in [1.54, 1.807) is 0 Å². The fraction of sp³-hybridized carbons (Fsp3) is 0.455. The van der Waals surface area contributed by atoms with Gasteiger partial charge in [-0.15, -0.1) is 0 Å². The van der Waals surface area contributed by atoms with Gasteiger partial charge in [-0.1, -0.05) is 6.07 Å². The summed E-state index contributed by atoms with van der Waals surface area (Å²) >= 11 is 0. The first kappa shape index (κ1) is 9.34. The minimum absolute atomic E-state index is 0.0919. The normalized spacial score (nSPS) is 19.4. The molecule has 1 aliphatic rings. The number of benzene rings is 1. The topological polar surface area (TPSA) is 41.5 Å². The lowest BCUT2D eigenvalue weighted by Crippen LogP contribution is -2.31. The number of aliphatic hydroxyl groups is 1. The number of aliphatic hydroxyl groups excluding tert-OH is 1. The van der Waals surface area contributed by atoms with Crippen molar-refractivity contribution in [2.45, 2.75) is 19.4 Å². The molecule has 1 heterocycles. The molecule has 3 nitrogen and oxygen atoms in total. The zero-order valence-corrected chi connectivity index (χ0v) is 8.29. The number of ether oxygens (including phenoxy) is 1. The van der Waals surface area contributed by atoms with E-state index in [9.17, 15) is 0 Å². The molecule has 2 rings (SSSR count). The largest absolute Gasteiger partial charge is 0.486 e. The second-order valence-corrected chi connectivity index (χ2v) is 3.63. The monoisotopic (exact) mass is 193 g/mol. The Labute approximate surface area is 83.7 Å². The van der Waals surface area contributed by atoms with E-state index in [4.69, 9.17) is 9.84 Å². The summed E-state index contributed by atoms with van der Waals surface area (Å²) in [5.41, 5.74) is 2.24. The molecule has 0 spiro atoms. The summed E-state index contributed by atoms with van der Waals surface area (Å²) in [6.45, 7) is 2.99. The van der Waals surface area contributed by atoms with Crippen LogP contribution in [0.5, 0.6) is 5.75 Å². The Morgan fingerprint density at radius 2 is 2.43 bits per heavy atom. The van der Waals surface area contributed by atoms with Crippen LogP contribution < -0.4 is 10.1 Å². The van der Waals surface area contributed by atoms with Gasteiger partial charge in [0.1, 0.15) is 11.9 Å². The number of hydrogen-bond acceptors (Lipinski definition) is 3. The van der Waals surface area contributed by atoms with E-state index in [0.717, 1.165) is 18.0 Å². The molecular weight excluding hydrogens is 178 g/mol. The second kappa shape index (κ2) is 3.88. The SMILES string of the molecule is Cc1ccc2c(c1)OC(CCO)CN2. The summed E-state index contributed by atoms with van der Waals surface area (Å²) in [6, 6.07) is 6.10. The van der Waals surface area contributed by atoms with E-state index in [1.165, 1.54) is 5.56 Å². The van der Waals surface area contributed by atoms with E-state index in [2.05, 4.69) is 11.4 Å². The van der Waals surface area contributed by atoms with Crippen molar-refractivity contribution in [2.24, 2.45) is 0 Å². The average Bonchev–Trinajstić information content (AvgIpc) is 2.17. The van der Waals surface area contributed by atoms with Crippen LogP contribution in [0.1, 0.15) is 12.0 Å². The predicted molar refractivity (Wildman–Crippen MR) is 55.8 cm³/mol. The lowest BCUT2D eigenvalue weighted by atomic mass is 10.1. The van der Waals surface area contributed by atoms with Gasteiger partial charge in [0.15, 0.2) is 0 Å². The van der Waals surface area contributed by atoms with Crippen molar-refractivity contribution in [1.29, 1.82) is 0 Å². The minimum Gasteiger partial charge on any atom is -0.486 e. The number of fused-ring (bicyclic) bond motifs is 1. The van der Waals surface area contributed by atoms with Gasteiger partial charge in [-0.3, -0.25) is 0 Å². The Bertz CT molecular complexity index is 325. The Hall–Kier alpha value is -1.22. The molecule has 0 amide bonds. The molecular formula is C11H15NO2. The maximum atomic E-state index is 8.81. The van der Waals surface area contributed by atoms with Crippen molar-refractivity contribution in [3.63, 3.8) is 0 Å². The third-order valence-corrected chi connectivity index (χ3v) is 2.40. The van der Waals surface area contributed by atoms with Crippen molar-refractivity contribution < 1.29 is 9.84 Å². The van der Waals surface area contributed by atoms with Gasteiger partial charge in [0.05, 0.1) is 12.2 Å². The molecule has 0 bridgehead atoms. The van der Waals surface area contributed by atoms with E-state index in [1.807, 2.05) is 19.1 Å². The lowest BCUT2D eigenvalue weighted by Gasteiger charge is -2.27. The first-order chi connectivity index (χ1) is 6.79. The van der Waals surface area contributed by atoms with Gasteiger partial charge in [0.2, 0.25) is 0 Å². The smallest absolute Gasteiger partial charge is 0.143 e. The lowest BCUT2D eigenvalue weighted by molar-refractivity contribution is 0.158. The van der Waals surface area contributed by atoms with Crippen molar-refractivity contribution in [2.75, 3.05) is 18.5 Å². The highest BCUT2D eigenvalue weighted by molar-refractivity contribution is 5.59. The molecule has 1 unspecified atom stereocenters. The summed E-state index contributed by atoms with van der Waals surface area (Å²) in [4.78, 5) is 0. The molecule has 1 aliphatic heterocycles. The Morgan fingerprint density at radius 3 is 3.21 bits per heavy atom. The van der Waals surface area contributed by atoms with Crippen LogP contribution in [0.15, 0.2) is 18.2 Å². The molecule has 14 heavy (non-hydrogen) atoms. The molecule has 1 aromatic rings. The van der Waals surface area contributed by atoms with Crippen molar-refractivity contribution >= 4 is 5.69 Å². The van der Waals surface area contributed by atoms with Crippen LogP contribution in [0.3, 0.4) is 0 Å². The Balaban J connectivity index is 2.16. The standard InChI is InChI=1S/C11H15NO2/c1-8-2-3-10-11(6-8)14-9(4-5-13)7-12-10/h2-3,6,9,12-13H,4-5,7H2,1H3. The quantitative estimate of drug-likeness (QED) is 0.748. The Morgan fingerprint density at radius 1 is 1.57 bits per heavy atom. The summed E-state index contributed by atoms with van der Waals surface area (Å²) in [5.74, 6) is 0.898. The van der Waals surface area contributed by atoms with Crippen LogP contribution in [0, 0.1) is 6.92 Å². The summed E-state index contributed by atoms with van der Waals surface area (Å²) in [7, 11) is 0. The number of aryl methyl sites for hydroxylation is 1. The molecule has 0 radical (unpaired) electrons. The van der Waals surface area contributed by atoms with Crippen molar-refractivity contribution in [3.05, 3.63) is 23.8 Å². The molecule has 3 heteroatoms. The maximum absolute atomic E-state index is 8.81. The van der Waals surface area contributed by atoms with Gasteiger partial charge in [-0.2, -0.15) is 0 Å². The van der Waals surface area contributed by atoms with Gasteiger partial charge in [-0.05, 0) is 24.6 Å². The fourth-order valence-corrected chi connectivity index (χ4v) is 1.62. The third-order valence-electron chi connectivity index (χ3n) is 2.40. The first-order valence-electron chi connectivity index (χ1n) is 4.91. The third kappa shape index (κ3) is 1.82. The maximum Gasteiger partial charge on any atom is 0.143 e. The van der Waals surface area contributed by atoms with Crippen LogP contribution in [0.2, 0.25) is 0 Å². The van der Waals surface area contributed by atoms with Crippen LogP contribution in [-0.2, 0) is 0 Å². The van der Waals surface area contributed by atoms with Gasteiger partial charge in [0.25, 0.3) is 0 Å². The van der Waals surface area contributed by atoms with E-state index in [0.29, 0.717) is 6.42 Å². The first-order valence-corrected chi connectivity index (χ1v) is 4.91. The molecule has 0 aromatic heterocycles. The molecule has 76 valence electrons. The number of rotatable bonds is 2. The second-order valence-electron chi connectivity index (χ2n) is 3.63. The molecule has 0 saturated carbocycles. The van der Waals surface area contributed by atoms with E-state index < -0.39 is 0 Å². The Kier molecular flexibility index (Phi) is 2.59. The fourth-order valence-electron chi connectivity index (χ4n) is 1.62. The molecule has 1 aromatic carbocycles. The van der Waals surface area contributed by atoms with Gasteiger partial charge in [0, 0.05) is 13.0 Å². The molecule has 0 aliphatic carbocycles. The van der Waals surface area contributed by atoms with Crippen LogP contribution in [-0.4, -0.2) is 24.4 Å². The van der Waals surface area contributed by atoms with Crippen LogP contribution in [0.25, 0.3) is 0 Å². The molecule has 1 atom stereocenters. The number of anilines is 1. The van der Waals surface area contributed by atoms with Crippen LogP contribution in [0.4, 0.5) is 5.69 Å². The average molecular weight is 193 g/mol. The van der Waals surface area contributed by atoms with Gasteiger partial charge < -0.3 is 15.2 Å². The molecule has 0 fully saturated rings. The molecule has 0 saturated heterocycles. The minimum atomic E-state index is 0.0919. The highest BCUT2D eigenvalue weighted by Crippen LogP contribution is 2.30. The predicted octanol–water partition coefficient (Wildman–Crippen LogP) is 1.55. The number of hydrogen-bond donors (Lipinski definition) is 2. The summed E-state index contributed by atoms with van der Waals surface area (Å²) in [5, 5.41) is 12.1. The highest BCUT2D eigenvalue weighted by Gasteiger charge is 2.18. The van der Waals surface area contributed by atoms with E-state index >= 15 is 0 Å². The molecule has 2 N–H and O–H groups in total. The number of nitrogens with one attached hydrogen (secondary N) is 1. The van der Waals surface area contributed by atoms with Crippen molar-refractivity contribution in [3.8, 4) is 5.75 Å². The van der Waals surface area contributed by atoms with Crippen LogP contribution >= 0.6 is 0 Å². The van der Waals surface area contributed by atoms with E-state index in [-0.39, 0.29) is 12.7 Å². The van der Waals surface area contributed by atoms with Crippen molar-refractivity contribution in [1.82, 2.24) is 0 Å². The zero-order chi connectivity index (χ0) is 9.97.